The van der Waals surface area contributed by atoms with Crippen LogP contribution in [0, 0.1) is 5.92 Å². The number of rotatable bonds is 11. The van der Waals surface area contributed by atoms with E-state index < -0.39 is 5.60 Å². The van der Waals surface area contributed by atoms with Crippen LogP contribution in [0.4, 0.5) is 5.69 Å². The van der Waals surface area contributed by atoms with Gasteiger partial charge in [0, 0.05) is 55.3 Å². The number of piperidine rings is 1. The van der Waals surface area contributed by atoms with Crippen molar-refractivity contribution in [2.24, 2.45) is 5.92 Å². The summed E-state index contributed by atoms with van der Waals surface area (Å²) < 4.78 is 7.01. The van der Waals surface area contributed by atoms with Gasteiger partial charge in [-0.2, -0.15) is 0 Å². The number of carbonyl (C=O) groups is 2. The Balaban J connectivity index is 0.889. The zero-order valence-corrected chi connectivity index (χ0v) is 32.5. The number of hydrogen-bond acceptors (Lipinski definition) is 8. The minimum atomic E-state index is -1.15. The minimum absolute atomic E-state index is 0.0447. The summed E-state index contributed by atoms with van der Waals surface area (Å²) in [6.45, 7) is 4.05. The molecule has 8 rings (SSSR count). The Morgan fingerprint density at radius 2 is 1.73 bits per heavy atom. The Bertz CT molecular complexity index is 2280. The molecule has 0 saturated carbocycles. The molecule has 56 heavy (non-hydrogen) atoms. The molecule has 2 aromatic heterocycles. The van der Waals surface area contributed by atoms with Gasteiger partial charge < -0.3 is 25.0 Å². The van der Waals surface area contributed by atoms with Gasteiger partial charge in [0.15, 0.2) is 0 Å². The van der Waals surface area contributed by atoms with Gasteiger partial charge in [0.2, 0.25) is 5.91 Å². The average molecular weight is 777 g/mol. The molecule has 3 aromatic carbocycles. The van der Waals surface area contributed by atoms with E-state index in [9.17, 15) is 19.5 Å². The maximum Gasteiger partial charge on any atom is 0.261 e. The number of morpholine rings is 1. The topological polar surface area (TPSA) is 130 Å². The number of hydrogen-bond donors (Lipinski definition) is 2. The highest BCUT2D eigenvalue weighted by Crippen LogP contribution is 2.33. The molecule has 1 aliphatic carbocycles. The number of benzene rings is 3. The maximum atomic E-state index is 14.1. The van der Waals surface area contributed by atoms with Gasteiger partial charge in [-0.1, -0.05) is 54.1 Å². The Labute approximate surface area is 331 Å². The van der Waals surface area contributed by atoms with Crippen LogP contribution in [0.1, 0.15) is 65.7 Å². The number of amides is 2. The highest BCUT2D eigenvalue weighted by molar-refractivity contribution is 6.36. The Morgan fingerprint density at radius 3 is 2.54 bits per heavy atom. The molecular weight excluding hydrogens is 728 g/mol. The molecule has 0 unspecified atom stereocenters. The lowest BCUT2D eigenvalue weighted by Gasteiger charge is -2.39. The largest absolute Gasteiger partial charge is 0.388 e. The van der Waals surface area contributed by atoms with Crippen molar-refractivity contribution in [2.45, 2.75) is 69.9 Å². The summed E-state index contributed by atoms with van der Waals surface area (Å²) in [6, 6.07) is 21.2. The number of halogens is 1. The van der Waals surface area contributed by atoms with Gasteiger partial charge in [0.1, 0.15) is 5.52 Å². The number of nitrogens with zero attached hydrogens (tertiary/aromatic N) is 5. The van der Waals surface area contributed by atoms with Gasteiger partial charge in [-0.3, -0.25) is 23.9 Å². The van der Waals surface area contributed by atoms with Crippen molar-refractivity contribution in [1.82, 2.24) is 24.8 Å². The molecule has 12 heteroatoms. The zero-order valence-electron chi connectivity index (χ0n) is 31.7. The SMILES string of the molecule is O=C(NCCC[C@@H](Cc1ccccc1)C(=O)N1CCC(O)(Cn2cnc3c(N4CCOCC4)cccc3c2=O)CC1)c1ccc2c(Cl)c3c(nc2c1)CCCC3. The van der Waals surface area contributed by atoms with Crippen molar-refractivity contribution in [3.05, 3.63) is 111 Å². The summed E-state index contributed by atoms with van der Waals surface area (Å²) >= 11 is 6.76. The van der Waals surface area contributed by atoms with E-state index in [0.29, 0.717) is 81.4 Å². The number of para-hydroxylation sites is 1. The molecule has 2 saturated heterocycles. The molecule has 11 nitrogen and oxygen atoms in total. The predicted octanol–water partition coefficient (Wildman–Crippen LogP) is 5.74. The summed E-state index contributed by atoms with van der Waals surface area (Å²) in [6.07, 6.45) is 8.10. The smallest absolute Gasteiger partial charge is 0.261 e. The van der Waals surface area contributed by atoms with Crippen LogP contribution in [0.3, 0.4) is 0 Å². The predicted molar refractivity (Wildman–Crippen MR) is 218 cm³/mol. The number of nitrogens with one attached hydrogen (secondary N) is 1. The van der Waals surface area contributed by atoms with Crippen molar-refractivity contribution in [2.75, 3.05) is 50.8 Å². The second kappa shape index (κ2) is 16.7. The molecule has 0 spiro atoms. The monoisotopic (exact) mass is 776 g/mol. The van der Waals surface area contributed by atoms with Crippen LogP contribution in [0.15, 0.2) is 77.9 Å². The van der Waals surface area contributed by atoms with Gasteiger partial charge in [0.05, 0.1) is 53.3 Å². The van der Waals surface area contributed by atoms with Crippen molar-refractivity contribution in [3.8, 4) is 0 Å². The van der Waals surface area contributed by atoms with E-state index in [1.807, 2.05) is 59.5 Å². The Hall–Kier alpha value is -4.84. The lowest BCUT2D eigenvalue weighted by molar-refractivity contribution is -0.140. The van der Waals surface area contributed by atoms with Crippen LogP contribution < -0.4 is 15.8 Å². The fourth-order valence-corrected chi connectivity index (χ4v) is 8.96. The first kappa shape index (κ1) is 38.1. The summed E-state index contributed by atoms with van der Waals surface area (Å²) in [7, 11) is 0. The highest BCUT2D eigenvalue weighted by atomic mass is 35.5. The number of anilines is 1. The highest BCUT2D eigenvalue weighted by Gasteiger charge is 2.36. The molecule has 5 aromatic rings. The summed E-state index contributed by atoms with van der Waals surface area (Å²) in [5, 5.41) is 16.9. The van der Waals surface area contributed by atoms with E-state index in [4.69, 9.17) is 21.3 Å². The second-order valence-electron chi connectivity index (χ2n) is 15.6. The molecule has 292 valence electrons. The lowest BCUT2D eigenvalue weighted by atomic mass is 9.88. The number of aliphatic hydroxyl groups is 1. The van der Waals surface area contributed by atoms with Crippen LogP contribution >= 0.6 is 11.6 Å². The quantitative estimate of drug-likeness (QED) is 0.163. The first-order valence-corrected chi connectivity index (χ1v) is 20.4. The molecule has 2 aliphatic heterocycles. The summed E-state index contributed by atoms with van der Waals surface area (Å²) in [5.74, 6) is -0.420. The van der Waals surface area contributed by atoms with E-state index in [2.05, 4.69) is 15.2 Å². The number of aromatic nitrogens is 3. The van der Waals surface area contributed by atoms with Crippen molar-refractivity contribution >= 4 is 50.9 Å². The van der Waals surface area contributed by atoms with Gasteiger partial charge in [-0.05, 0) is 93.2 Å². The third-order valence-corrected chi connectivity index (χ3v) is 12.2. The van der Waals surface area contributed by atoms with Crippen LogP contribution in [0.5, 0.6) is 0 Å². The molecular formula is C44H49ClN6O5. The van der Waals surface area contributed by atoms with Gasteiger partial charge >= 0.3 is 0 Å². The number of fused-ring (bicyclic) bond motifs is 3. The molecule has 0 radical (unpaired) electrons. The fourth-order valence-electron chi connectivity index (χ4n) is 8.60. The van der Waals surface area contributed by atoms with Gasteiger partial charge in [0.25, 0.3) is 11.5 Å². The third-order valence-electron chi connectivity index (χ3n) is 11.8. The van der Waals surface area contributed by atoms with E-state index in [0.717, 1.165) is 77.2 Å². The minimum Gasteiger partial charge on any atom is -0.388 e. The van der Waals surface area contributed by atoms with Crippen LogP contribution in [-0.4, -0.2) is 87.9 Å². The molecule has 4 heterocycles. The zero-order chi connectivity index (χ0) is 38.6. The third kappa shape index (κ3) is 8.17. The number of pyridine rings is 1. The lowest BCUT2D eigenvalue weighted by Crippen LogP contribution is -2.51. The van der Waals surface area contributed by atoms with Gasteiger partial charge in [-0.15, -0.1) is 0 Å². The summed E-state index contributed by atoms with van der Waals surface area (Å²) in [4.78, 5) is 54.6. The van der Waals surface area contributed by atoms with Crippen LogP contribution in [0.2, 0.25) is 5.02 Å². The number of aryl methyl sites for hydroxylation is 1. The normalized spacial score (nSPS) is 17.5. The van der Waals surface area contributed by atoms with E-state index in [-0.39, 0.29) is 29.8 Å². The second-order valence-corrected chi connectivity index (χ2v) is 16.0. The molecule has 2 N–H and O–H groups in total. The summed E-state index contributed by atoms with van der Waals surface area (Å²) in [5.41, 5.74) is 4.75. The van der Waals surface area contributed by atoms with E-state index in [1.54, 1.807) is 12.1 Å². The number of ether oxygens (including phenoxy) is 1. The van der Waals surface area contributed by atoms with Crippen molar-refractivity contribution < 1.29 is 19.4 Å². The van der Waals surface area contributed by atoms with Crippen LogP contribution in [0.25, 0.3) is 21.8 Å². The Kier molecular flexibility index (Phi) is 11.4. The van der Waals surface area contributed by atoms with E-state index in [1.165, 1.54) is 10.9 Å². The van der Waals surface area contributed by atoms with Crippen molar-refractivity contribution in [3.63, 3.8) is 0 Å². The number of carbonyl (C=O) groups excluding carboxylic acids is 2. The molecule has 2 amide bonds. The maximum absolute atomic E-state index is 14.1. The van der Waals surface area contributed by atoms with Crippen LogP contribution in [-0.2, 0) is 35.3 Å². The number of likely N-dealkylation sites (tertiary alicyclic amines) is 1. The first-order valence-electron chi connectivity index (χ1n) is 20.0. The Morgan fingerprint density at radius 1 is 0.946 bits per heavy atom. The molecule has 0 bridgehead atoms. The van der Waals surface area contributed by atoms with E-state index >= 15 is 0 Å². The molecule has 2 fully saturated rings. The molecule has 3 aliphatic rings. The van der Waals surface area contributed by atoms with Gasteiger partial charge in [-0.25, -0.2) is 4.98 Å². The molecule has 1 atom stereocenters. The standard InChI is InChI=1S/C44H49ClN6O5/c45-39-33-11-4-5-13-36(33)48-37-27-31(15-16-34(37)39)41(52)46-19-7-10-32(26-30-8-2-1-3-9-30)42(53)50-20-17-44(55,18-21-50)28-51-29-47-40-35(43(51)54)12-6-14-38(40)49-22-24-56-25-23-49/h1-3,6,8-9,12,14-16,27,29,32,55H,4-5,7,10-11,13,17-26,28H2,(H,46,52)/t32-/m0/s1. The van der Waals surface area contributed by atoms with Crippen molar-refractivity contribution in [1.29, 1.82) is 0 Å². The first-order chi connectivity index (χ1) is 27.3. The fraction of sp³-hybridized carbons (Fsp3) is 0.432. The average Bonchev–Trinajstić information content (AvgIpc) is 3.23.